The summed E-state index contributed by atoms with van der Waals surface area (Å²) in [5, 5.41) is 11.8. The molecule has 0 rings (SSSR count). The lowest BCUT2D eigenvalue weighted by Crippen LogP contribution is -2.38. The smallest absolute Gasteiger partial charge is 0.134 e. The Kier molecular flexibility index (Phi) is 2.99. The van der Waals surface area contributed by atoms with E-state index in [4.69, 9.17) is 0 Å². The quantitative estimate of drug-likeness (QED) is 0.532. The Labute approximate surface area is 48.7 Å². The van der Waals surface area contributed by atoms with Crippen molar-refractivity contribution in [3.63, 3.8) is 0 Å². The predicted octanol–water partition coefficient (Wildman–Crippen LogP) is -0.425. The molecule has 0 aromatic heterocycles. The summed E-state index contributed by atoms with van der Waals surface area (Å²) in [5.74, 6) is 0.355. The van der Waals surface area contributed by atoms with Crippen LogP contribution in [0.5, 0.6) is 0 Å². The summed E-state index contributed by atoms with van der Waals surface area (Å²) < 4.78 is 0. The monoisotopic (exact) mass is 116 g/mol. The highest BCUT2D eigenvalue weighted by Crippen LogP contribution is 1.84. The number of carbonyl (C=O) groups excluding carboxylic acids is 1. The second kappa shape index (κ2) is 3.29. The Bertz CT molecular complexity index is 80.5. The van der Waals surface area contributed by atoms with Crippen LogP contribution in [-0.2, 0) is 0 Å². The third-order valence-electron chi connectivity index (χ3n) is 0.655. The number of amides is 1. The maximum Gasteiger partial charge on any atom is 0.134 e. The van der Waals surface area contributed by atoms with Gasteiger partial charge in [0.15, 0.2) is 0 Å². The van der Waals surface area contributed by atoms with Crippen molar-refractivity contribution in [2.24, 2.45) is 5.92 Å². The fourth-order valence-corrected chi connectivity index (χ4v) is 0.287. The summed E-state index contributed by atoms with van der Waals surface area (Å²) in [7, 11) is 0. The summed E-state index contributed by atoms with van der Waals surface area (Å²) in [6, 6.07) is 0. The number of rotatable bonds is 2. The van der Waals surface area contributed by atoms with Crippen molar-refractivity contribution >= 4 is 6.09 Å². The van der Waals surface area contributed by atoms with E-state index in [1.54, 1.807) is 0 Å². The molecule has 3 heteroatoms. The van der Waals surface area contributed by atoms with Gasteiger partial charge in [-0.25, -0.2) is 0 Å². The average Bonchev–Trinajstić information content (AvgIpc) is 1.61. The van der Waals surface area contributed by atoms with Crippen LogP contribution in [0.1, 0.15) is 13.8 Å². The van der Waals surface area contributed by atoms with E-state index >= 15 is 0 Å². The first-order valence-corrected chi connectivity index (χ1v) is 2.57. The lowest BCUT2D eigenvalue weighted by molar-refractivity contribution is -0.250. The largest absolute Gasteiger partial charge is 0.530 e. The van der Waals surface area contributed by atoms with Crippen LogP contribution in [0.3, 0.4) is 0 Å². The van der Waals surface area contributed by atoms with Crippen LogP contribution in [0, 0.1) is 5.92 Å². The standard InChI is InChI=1S/C5H11NO2/c1-4(2)3-6-5(7)8/h4,6H,3H2,1-2H3,(H,7,8)/p-1. The number of hydrogen-bond acceptors (Lipinski definition) is 2. The summed E-state index contributed by atoms with van der Waals surface area (Å²) in [5.41, 5.74) is 0. The lowest BCUT2D eigenvalue weighted by Gasteiger charge is -2.07. The average molecular weight is 116 g/mol. The van der Waals surface area contributed by atoms with Crippen molar-refractivity contribution in [1.29, 1.82) is 0 Å². The number of hydrogen-bond donors (Lipinski definition) is 1. The van der Waals surface area contributed by atoms with Crippen molar-refractivity contribution in [3.05, 3.63) is 0 Å². The van der Waals surface area contributed by atoms with Gasteiger partial charge in [0.2, 0.25) is 0 Å². The molecule has 0 aromatic rings. The second-order valence-electron chi connectivity index (χ2n) is 2.06. The van der Waals surface area contributed by atoms with Crippen LogP contribution in [0.15, 0.2) is 0 Å². The fourth-order valence-electron chi connectivity index (χ4n) is 0.287. The molecule has 48 valence electrons. The predicted molar refractivity (Wildman–Crippen MR) is 28.2 cm³/mol. The van der Waals surface area contributed by atoms with Crippen LogP contribution >= 0.6 is 0 Å². The topological polar surface area (TPSA) is 52.2 Å². The van der Waals surface area contributed by atoms with Crippen molar-refractivity contribution in [2.75, 3.05) is 6.54 Å². The zero-order chi connectivity index (χ0) is 6.57. The minimum atomic E-state index is -1.20. The van der Waals surface area contributed by atoms with E-state index < -0.39 is 6.09 Å². The molecule has 0 fully saturated rings. The number of nitrogens with one attached hydrogen (secondary N) is 1. The number of carboxylic acid groups (broad SMARTS) is 1. The summed E-state index contributed by atoms with van der Waals surface area (Å²) in [4.78, 5) is 9.68. The van der Waals surface area contributed by atoms with Gasteiger partial charge in [-0.05, 0) is 5.92 Å². The highest BCUT2D eigenvalue weighted by atomic mass is 16.4. The third-order valence-corrected chi connectivity index (χ3v) is 0.655. The molecule has 0 aromatic carbocycles. The van der Waals surface area contributed by atoms with E-state index in [9.17, 15) is 9.90 Å². The Hall–Kier alpha value is -0.730. The summed E-state index contributed by atoms with van der Waals surface area (Å²) in [6.45, 7) is 4.33. The molecule has 0 aliphatic heterocycles. The minimum absolute atomic E-state index is 0.355. The van der Waals surface area contributed by atoms with Gasteiger partial charge in [0, 0.05) is 6.54 Å². The van der Waals surface area contributed by atoms with Crippen LogP contribution in [0.25, 0.3) is 0 Å². The van der Waals surface area contributed by atoms with E-state index in [2.05, 4.69) is 5.32 Å². The molecule has 3 nitrogen and oxygen atoms in total. The van der Waals surface area contributed by atoms with Gasteiger partial charge < -0.3 is 15.2 Å². The van der Waals surface area contributed by atoms with Gasteiger partial charge in [-0.2, -0.15) is 0 Å². The van der Waals surface area contributed by atoms with Gasteiger partial charge in [0.05, 0.1) is 0 Å². The van der Waals surface area contributed by atoms with Gasteiger partial charge in [0.1, 0.15) is 6.09 Å². The maximum absolute atomic E-state index is 9.68. The van der Waals surface area contributed by atoms with Gasteiger partial charge in [0.25, 0.3) is 0 Å². The minimum Gasteiger partial charge on any atom is -0.530 e. The first kappa shape index (κ1) is 7.27. The molecule has 0 saturated heterocycles. The third kappa shape index (κ3) is 5.27. The molecule has 0 saturated carbocycles. The molecule has 1 amide bonds. The van der Waals surface area contributed by atoms with Crippen molar-refractivity contribution < 1.29 is 9.90 Å². The molecule has 0 atom stereocenters. The first-order chi connectivity index (χ1) is 3.63. The Morgan fingerprint density at radius 2 is 2.25 bits per heavy atom. The SMILES string of the molecule is CC(C)CNC(=O)[O-]. The van der Waals surface area contributed by atoms with E-state index in [0.717, 1.165) is 0 Å². The molecule has 0 bridgehead atoms. The fraction of sp³-hybridized carbons (Fsp3) is 0.800. The molecule has 0 radical (unpaired) electrons. The molecule has 0 spiro atoms. The highest BCUT2D eigenvalue weighted by molar-refractivity contribution is 5.61. The highest BCUT2D eigenvalue weighted by Gasteiger charge is 1.89. The van der Waals surface area contributed by atoms with Crippen molar-refractivity contribution in [3.8, 4) is 0 Å². The molecule has 8 heavy (non-hydrogen) atoms. The Balaban J connectivity index is 3.05. The van der Waals surface area contributed by atoms with Crippen molar-refractivity contribution in [1.82, 2.24) is 5.32 Å². The zero-order valence-corrected chi connectivity index (χ0v) is 5.10. The van der Waals surface area contributed by atoms with Gasteiger partial charge in [-0.1, -0.05) is 13.8 Å². The molecule has 0 heterocycles. The number of carbonyl (C=O) groups is 1. The van der Waals surface area contributed by atoms with E-state index in [-0.39, 0.29) is 0 Å². The molecule has 0 aliphatic carbocycles. The zero-order valence-electron chi connectivity index (χ0n) is 5.10. The van der Waals surface area contributed by atoms with E-state index in [1.807, 2.05) is 13.8 Å². The molecular weight excluding hydrogens is 106 g/mol. The van der Waals surface area contributed by atoms with Crippen molar-refractivity contribution in [2.45, 2.75) is 13.8 Å². The van der Waals surface area contributed by atoms with E-state index in [1.165, 1.54) is 0 Å². The molecular formula is C5H10NO2-. The summed E-state index contributed by atoms with van der Waals surface area (Å²) in [6.07, 6.45) is -1.20. The van der Waals surface area contributed by atoms with Crippen LogP contribution in [0.4, 0.5) is 4.79 Å². The van der Waals surface area contributed by atoms with Crippen LogP contribution in [-0.4, -0.2) is 12.6 Å². The van der Waals surface area contributed by atoms with Crippen LogP contribution < -0.4 is 10.4 Å². The Morgan fingerprint density at radius 1 is 1.75 bits per heavy atom. The van der Waals surface area contributed by atoms with Crippen LogP contribution in [0.2, 0.25) is 0 Å². The second-order valence-corrected chi connectivity index (χ2v) is 2.06. The maximum atomic E-state index is 9.68. The molecule has 1 N–H and O–H groups in total. The van der Waals surface area contributed by atoms with Gasteiger partial charge in [-0.15, -0.1) is 0 Å². The van der Waals surface area contributed by atoms with Gasteiger partial charge >= 0.3 is 0 Å². The van der Waals surface area contributed by atoms with E-state index in [0.29, 0.717) is 12.5 Å². The normalized spacial score (nSPS) is 9.38. The lowest BCUT2D eigenvalue weighted by atomic mass is 10.2. The van der Waals surface area contributed by atoms with Gasteiger partial charge in [-0.3, -0.25) is 0 Å². The molecule has 0 unspecified atom stereocenters. The molecule has 0 aliphatic rings. The Morgan fingerprint density at radius 3 is 2.38 bits per heavy atom. The summed E-state index contributed by atoms with van der Waals surface area (Å²) >= 11 is 0. The first-order valence-electron chi connectivity index (χ1n) is 2.57.